The first kappa shape index (κ1) is 31.7. The van der Waals surface area contributed by atoms with Crippen LogP contribution in [0, 0.1) is 5.92 Å². The zero-order valence-electron chi connectivity index (χ0n) is 23.1. The first-order valence-corrected chi connectivity index (χ1v) is 12.8. The number of nitrogens with one attached hydrogen (secondary N) is 2. The van der Waals surface area contributed by atoms with Gasteiger partial charge in [0.25, 0.3) is 0 Å². The second-order valence-electron chi connectivity index (χ2n) is 10.0. The molecule has 10 heteroatoms. The Morgan fingerprint density at radius 1 is 1.05 bits per heavy atom. The molecule has 37 heavy (non-hydrogen) atoms. The van der Waals surface area contributed by atoms with Crippen molar-refractivity contribution in [3.63, 3.8) is 0 Å². The van der Waals surface area contributed by atoms with Crippen molar-refractivity contribution >= 4 is 23.9 Å². The maximum absolute atomic E-state index is 14.1. The smallest absolute Gasteiger partial charge is 0.408 e. The molecule has 0 spiro atoms. The lowest BCUT2D eigenvalue weighted by molar-refractivity contribution is -0.145. The number of rotatable bonds is 13. The van der Waals surface area contributed by atoms with E-state index in [0.29, 0.717) is 18.4 Å². The van der Waals surface area contributed by atoms with Crippen LogP contribution in [0.25, 0.3) is 0 Å². The molecule has 3 N–H and O–H groups in total. The molecule has 3 amide bonds. The number of phenols is 1. The zero-order valence-corrected chi connectivity index (χ0v) is 23.1. The van der Waals surface area contributed by atoms with Gasteiger partial charge < -0.3 is 30.1 Å². The number of methoxy groups -OCH3 is 1. The summed E-state index contributed by atoms with van der Waals surface area (Å²) in [7, 11) is 1.21. The minimum absolute atomic E-state index is 0.00500. The number of hydrogen-bond acceptors (Lipinski definition) is 7. The summed E-state index contributed by atoms with van der Waals surface area (Å²) in [5, 5.41) is 15.0. The molecule has 1 aromatic carbocycles. The highest BCUT2D eigenvalue weighted by molar-refractivity contribution is 5.93. The summed E-state index contributed by atoms with van der Waals surface area (Å²) in [6.45, 7) is 10.8. The average molecular weight is 522 g/mol. The number of unbranched alkanes of at least 4 members (excludes halogenated alkanes) is 2. The van der Waals surface area contributed by atoms with Crippen LogP contribution in [0.4, 0.5) is 4.79 Å². The molecule has 0 saturated carbocycles. The largest absolute Gasteiger partial charge is 0.508 e. The molecule has 0 radical (unpaired) electrons. The lowest BCUT2D eigenvalue weighted by atomic mass is 9.95. The van der Waals surface area contributed by atoms with Crippen molar-refractivity contribution in [2.75, 3.05) is 20.2 Å². The van der Waals surface area contributed by atoms with E-state index in [4.69, 9.17) is 4.74 Å². The molecular formula is C27H43N3O7. The van der Waals surface area contributed by atoms with Crippen molar-refractivity contribution in [3.8, 4) is 5.75 Å². The van der Waals surface area contributed by atoms with E-state index >= 15 is 0 Å². The van der Waals surface area contributed by atoms with Crippen LogP contribution in [-0.4, -0.2) is 65.7 Å². The Balaban J connectivity index is 3.48. The van der Waals surface area contributed by atoms with E-state index in [1.54, 1.807) is 32.9 Å². The van der Waals surface area contributed by atoms with Gasteiger partial charge in [0, 0.05) is 6.54 Å². The minimum atomic E-state index is -1.11. The number of alkyl carbamates (subject to hydrolysis) is 1. The fraction of sp³-hybridized carbons (Fsp3) is 0.630. The molecule has 0 fully saturated rings. The summed E-state index contributed by atoms with van der Waals surface area (Å²) in [6, 6.07) is 3.90. The number of amides is 3. The summed E-state index contributed by atoms with van der Waals surface area (Å²) in [6.07, 6.45) is 2.21. The van der Waals surface area contributed by atoms with Gasteiger partial charge in [-0.1, -0.05) is 52.2 Å². The second-order valence-corrected chi connectivity index (χ2v) is 10.0. The van der Waals surface area contributed by atoms with E-state index < -0.39 is 41.6 Å². The normalized spacial score (nSPS) is 13.6. The van der Waals surface area contributed by atoms with Crippen molar-refractivity contribution < 1.29 is 33.8 Å². The number of esters is 1. The lowest BCUT2D eigenvalue weighted by Crippen LogP contribution is -2.55. The maximum Gasteiger partial charge on any atom is 0.408 e. The second kappa shape index (κ2) is 15.1. The van der Waals surface area contributed by atoms with E-state index in [1.807, 2.05) is 20.8 Å². The summed E-state index contributed by atoms with van der Waals surface area (Å²) >= 11 is 0. The van der Waals surface area contributed by atoms with Crippen molar-refractivity contribution in [1.29, 1.82) is 0 Å². The van der Waals surface area contributed by atoms with Crippen LogP contribution >= 0.6 is 0 Å². The SMILES string of the molecule is CCCCCN(C(=O)C(NC(=O)OC(C)(C)C)C(C)CC)C(C(=O)NCC(=O)OC)c1ccc(O)cc1. The lowest BCUT2D eigenvalue weighted by Gasteiger charge is -2.36. The van der Waals surface area contributed by atoms with E-state index in [-0.39, 0.29) is 24.8 Å². The average Bonchev–Trinajstić information content (AvgIpc) is 2.84. The predicted molar refractivity (Wildman–Crippen MR) is 140 cm³/mol. The van der Waals surface area contributed by atoms with Crippen LogP contribution in [-0.2, 0) is 23.9 Å². The Bertz CT molecular complexity index is 896. The van der Waals surface area contributed by atoms with Crippen LogP contribution in [0.15, 0.2) is 24.3 Å². The van der Waals surface area contributed by atoms with E-state index in [9.17, 15) is 24.3 Å². The first-order valence-electron chi connectivity index (χ1n) is 12.8. The van der Waals surface area contributed by atoms with Crippen LogP contribution in [0.3, 0.4) is 0 Å². The van der Waals surface area contributed by atoms with Gasteiger partial charge in [-0.15, -0.1) is 0 Å². The van der Waals surface area contributed by atoms with Gasteiger partial charge in [-0.3, -0.25) is 14.4 Å². The minimum Gasteiger partial charge on any atom is -0.508 e. The molecule has 0 bridgehead atoms. The van der Waals surface area contributed by atoms with E-state index in [1.165, 1.54) is 24.1 Å². The summed E-state index contributed by atoms with van der Waals surface area (Å²) in [5.74, 6) is -1.91. The summed E-state index contributed by atoms with van der Waals surface area (Å²) in [4.78, 5) is 53.2. The summed E-state index contributed by atoms with van der Waals surface area (Å²) in [5.41, 5.74) is -0.304. The van der Waals surface area contributed by atoms with Gasteiger partial charge in [-0.2, -0.15) is 0 Å². The Hall–Kier alpha value is -3.30. The highest BCUT2D eigenvalue weighted by atomic mass is 16.6. The highest BCUT2D eigenvalue weighted by Crippen LogP contribution is 2.26. The van der Waals surface area contributed by atoms with Crippen LogP contribution in [0.5, 0.6) is 5.75 Å². The fourth-order valence-corrected chi connectivity index (χ4v) is 3.65. The first-order chi connectivity index (χ1) is 17.3. The van der Waals surface area contributed by atoms with Crippen molar-refractivity contribution in [2.24, 2.45) is 5.92 Å². The van der Waals surface area contributed by atoms with Crippen LogP contribution < -0.4 is 10.6 Å². The monoisotopic (exact) mass is 521 g/mol. The molecule has 3 unspecified atom stereocenters. The molecule has 3 atom stereocenters. The summed E-state index contributed by atoms with van der Waals surface area (Å²) < 4.78 is 10.0. The molecule has 0 aliphatic rings. The number of hydrogen-bond donors (Lipinski definition) is 3. The number of ether oxygens (including phenoxy) is 2. The van der Waals surface area contributed by atoms with Crippen molar-refractivity contribution in [2.45, 2.75) is 84.9 Å². The van der Waals surface area contributed by atoms with Gasteiger partial charge in [0.05, 0.1) is 7.11 Å². The zero-order chi connectivity index (χ0) is 28.2. The van der Waals surface area contributed by atoms with Crippen LogP contribution in [0.1, 0.15) is 78.8 Å². The molecule has 0 aromatic heterocycles. The molecule has 0 aliphatic carbocycles. The molecule has 208 valence electrons. The number of carbonyl (C=O) groups excluding carboxylic acids is 4. The van der Waals surface area contributed by atoms with Gasteiger partial charge in [-0.05, 0) is 50.8 Å². The quantitative estimate of drug-likeness (QED) is 0.266. The molecule has 1 rings (SSSR count). The molecule has 10 nitrogen and oxygen atoms in total. The molecule has 0 aliphatic heterocycles. The number of carbonyl (C=O) groups is 4. The molecule has 0 saturated heterocycles. The number of aromatic hydroxyl groups is 1. The van der Waals surface area contributed by atoms with Gasteiger partial charge >= 0.3 is 12.1 Å². The Labute approximate surface area is 220 Å². The number of nitrogens with zero attached hydrogens (tertiary/aromatic N) is 1. The van der Waals surface area contributed by atoms with Crippen LogP contribution in [0.2, 0.25) is 0 Å². The molecular weight excluding hydrogens is 478 g/mol. The maximum atomic E-state index is 14.1. The standard InChI is InChI=1S/C27H43N3O7/c1-8-10-11-16-30(25(34)22(18(3)9-2)29-26(35)37-27(4,5)6)23(19-12-14-20(31)15-13-19)24(33)28-17-21(32)36-7/h12-15,18,22-23,31H,8-11,16-17H2,1-7H3,(H,28,33)(H,29,35). The van der Waals surface area contributed by atoms with E-state index in [2.05, 4.69) is 15.4 Å². The van der Waals surface area contributed by atoms with Gasteiger partial charge in [-0.25, -0.2) is 4.79 Å². The van der Waals surface area contributed by atoms with E-state index in [0.717, 1.165) is 12.8 Å². The number of phenolic OH excluding ortho intramolecular Hbond substituents is 1. The Kier molecular flexibility index (Phi) is 12.9. The third-order valence-corrected chi connectivity index (χ3v) is 5.84. The third kappa shape index (κ3) is 10.7. The highest BCUT2D eigenvalue weighted by Gasteiger charge is 2.38. The topological polar surface area (TPSA) is 134 Å². The van der Waals surface area contributed by atoms with Crippen molar-refractivity contribution in [1.82, 2.24) is 15.5 Å². The van der Waals surface area contributed by atoms with Gasteiger partial charge in [0.15, 0.2) is 0 Å². The fourth-order valence-electron chi connectivity index (χ4n) is 3.65. The molecule has 0 heterocycles. The van der Waals surface area contributed by atoms with Gasteiger partial charge in [0.2, 0.25) is 11.8 Å². The Morgan fingerprint density at radius 2 is 1.68 bits per heavy atom. The van der Waals surface area contributed by atoms with Gasteiger partial charge in [0.1, 0.15) is 30.0 Å². The predicted octanol–water partition coefficient (Wildman–Crippen LogP) is 3.68. The van der Waals surface area contributed by atoms with Crippen molar-refractivity contribution in [3.05, 3.63) is 29.8 Å². The third-order valence-electron chi connectivity index (χ3n) is 5.84. The molecule has 1 aromatic rings. The Morgan fingerprint density at radius 3 is 2.19 bits per heavy atom. The number of benzene rings is 1.